The number of allylic oxidation sites excluding steroid dienone is 1. The van der Waals surface area contributed by atoms with Crippen LogP contribution in [0.3, 0.4) is 0 Å². The summed E-state index contributed by atoms with van der Waals surface area (Å²) in [5, 5.41) is 3.73. The minimum Gasteiger partial charge on any atom is -0.325 e. The molecule has 0 spiro atoms. The van der Waals surface area contributed by atoms with Crippen LogP contribution < -0.4 is 10.9 Å². The highest BCUT2D eigenvalue weighted by molar-refractivity contribution is 6.30. The molecule has 0 saturated heterocycles. The highest BCUT2D eigenvalue weighted by Crippen LogP contribution is 2.18. The number of hydrogen-bond acceptors (Lipinski definition) is 5. The summed E-state index contributed by atoms with van der Waals surface area (Å²) in [5.41, 5.74) is 1.02. The van der Waals surface area contributed by atoms with Crippen LogP contribution >= 0.6 is 11.6 Å². The molecule has 0 saturated carbocycles. The van der Waals surface area contributed by atoms with Gasteiger partial charge in [0.15, 0.2) is 11.2 Å². The van der Waals surface area contributed by atoms with Gasteiger partial charge in [-0.1, -0.05) is 17.7 Å². The molecule has 22 heavy (non-hydrogen) atoms. The van der Waals surface area contributed by atoms with Crippen molar-refractivity contribution >= 4 is 34.4 Å². The molecule has 2 aromatic heterocycles. The number of aromatic nitrogens is 4. The first kappa shape index (κ1) is 14.2. The monoisotopic (exact) mass is 313 g/mol. The maximum Gasteiger partial charge on any atom is 0.283 e. The predicted octanol–water partition coefficient (Wildman–Crippen LogP) is 2.77. The van der Waals surface area contributed by atoms with Crippen LogP contribution in [-0.2, 0) is 6.54 Å². The van der Waals surface area contributed by atoms with Crippen molar-refractivity contribution < 1.29 is 0 Å². The molecule has 0 radical (unpaired) electrons. The second-order valence-electron chi connectivity index (χ2n) is 4.50. The lowest BCUT2D eigenvalue weighted by Gasteiger charge is -2.12. The van der Waals surface area contributed by atoms with Gasteiger partial charge in [-0.15, -0.1) is 6.58 Å². The quantitative estimate of drug-likeness (QED) is 0.750. The van der Waals surface area contributed by atoms with Crippen LogP contribution in [0.5, 0.6) is 0 Å². The summed E-state index contributed by atoms with van der Waals surface area (Å²) in [6.45, 7) is 3.98. The van der Waals surface area contributed by atoms with Gasteiger partial charge in [-0.05, 0) is 24.3 Å². The van der Waals surface area contributed by atoms with Gasteiger partial charge in [0.2, 0.25) is 5.95 Å². The Kier molecular flexibility index (Phi) is 3.84. The zero-order chi connectivity index (χ0) is 15.5. The minimum absolute atomic E-state index is 0.228. The molecular formula is C15H12ClN5O. The molecule has 7 heteroatoms. The van der Waals surface area contributed by atoms with Crippen LogP contribution in [0.1, 0.15) is 0 Å². The van der Waals surface area contributed by atoms with E-state index in [0.29, 0.717) is 23.2 Å². The molecule has 0 unspecified atom stereocenters. The molecule has 1 aromatic carbocycles. The second-order valence-corrected chi connectivity index (χ2v) is 4.94. The van der Waals surface area contributed by atoms with E-state index in [0.717, 1.165) is 5.69 Å². The fourth-order valence-electron chi connectivity index (χ4n) is 2.00. The summed E-state index contributed by atoms with van der Waals surface area (Å²) in [5.74, 6) is 0.375. The lowest BCUT2D eigenvalue weighted by Crippen LogP contribution is -2.24. The van der Waals surface area contributed by atoms with E-state index >= 15 is 0 Å². The van der Waals surface area contributed by atoms with Crippen LogP contribution in [0, 0.1) is 0 Å². The summed E-state index contributed by atoms with van der Waals surface area (Å²) >= 11 is 5.87. The van der Waals surface area contributed by atoms with Gasteiger partial charge in [-0.2, -0.15) is 4.98 Å². The number of nitrogens with zero attached hydrogens (tertiary/aromatic N) is 4. The molecule has 0 aliphatic carbocycles. The fourth-order valence-corrected chi connectivity index (χ4v) is 2.13. The van der Waals surface area contributed by atoms with Crippen molar-refractivity contribution in [2.45, 2.75) is 6.54 Å². The number of halogens is 1. The first-order chi connectivity index (χ1) is 10.7. The van der Waals surface area contributed by atoms with E-state index in [-0.39, 0.29) is 11.1 Å². The van der Waals surface area contributed by atoms with Gasteiger partial charge in [0, 0.05) is 29.6 Å². The van der Waals surface area contributed by atoms with E-state index in [2.05, 4.69) is 26.8 Å². The summed E-state index contributed by atoms with van der Waals surface area (Å²) < 4.78 is 1.46. The highest BCUT2D eigenvalue weighted by Gasteiger charge is 2.12. The minimum atomic E-state index is -0.269. The van der Waals surface area contributed by atoms with Crippen molar-refractivity contribution in [3.05, 3.63) is 64.7 Å². The smallest absolute Gasteiger partial charge is 0.283 e. The molecule has 3 aromatic rings. The fraction of sp³-hybridized carbons (Fsp3) is 0.0667. The molecule has 0 aliphatic rings. The Balaban J connectivity index is 2.14. The number of rotatable bonds is 4. The predicted molar refractivity (Wildman–Crippen MR) is 86.5 cm³/mol. The SMILES string of the molecule is C=CCn1c(Nc2ccc(Cl)cc2)nc2nccnc2c1=O. The summed E-state index contributed by atoms with van der Waals surface area (Å²) in [6.07, 6.45) is 4.59. The van der Waals surface area contributed by atoms with E-state index < -0.39 is 0 Å². The molecule has 0 aliphatic heterocycles. The Morgan fingerprint density at radius 3 is 2.68 bits per heavy atom. The van der Waals surface area contributed by atoms with E-state index in [1.54, 1.807) is 30.3 Å². The first-order valence-corrected chi connectivity index (χ1v) is 6.92. The Hall–Kier alpha value is -2.73. The van der Waals surface area contributed by atoms with E-state index in [1.807, 2.05) is 0 Å². The van der Waals surface area contributed by atoms with Crippen molar-refractivity contribution in [1.29, 1.82) is 0 Å². The van der Waals surface area contributed by atoms with Crippen molar-refractivity contribution in [2.24, 2.45) is 0 Å². The van der Waals surface area contributed by atoms with Crippen molar-refractivity contribution in [2.75, 3.05) is 5.32 Å². The average molecular weight is 314 g/mol. The topological polar surface area (TPSA) is 72.7 Å². The maximum atomic E-state index is 12.5. The molecule has 0 fully saturated rings. The number of nitrogens with one attached hydrogen (secondary N) is 1. The Morgan fingerprint density at radius 2 is 1.95 bits per heavy atom. The standard InChI is InChI=1S/C15H12ClN5O/c1-2-9-21-14(22)12-13(18-8-7-17-12)20-15(21)19-11-5-3-10(16)4-6-11/h2-8H,1,9H2,(H,18,19,20). The average Bonchev–Trinajstić information content (AvgIpc) is 2.53. The molecular weight excluding hydrogens is 302 g/mol. The largest absolute Gasteiger partial charge is 0.325 e. The second kappa shape index (κ2) is 5.95. The third-order valence-corrected chi connectivity index (χ3v) is 3.26. The van der Waals surface area contributed by atoms with E-state index in [9.17, 15) is 4.79 Å². The lowest BCUT2D eigenvalue weighted by atomic mass is 10.3. The third kappa shape index (κ3) is 2.68. The number of benzene rings is 1. The van der Waals surface area contributed by atoms with Gasteiger partial charge in [-0.25, -0.2) is 9.97 Å². The van der Waals surface area contributed by atoms with Crippen molar-refractivity contribution in [3.63, 3.8) is 0 Å². The Labute approximate surface area is 131 Å². The molecule has 1 N–H and O–H groups in total. The third-order valence-electron chi connectivity index (χ3n) is 3.01. The molecule has 110 valence electrons. The molecule has 0 bridgehead atoms. The Morgan fingerprint density at radius 1 is 1.23 bits per heavy atom. The van der Waals surface area contributed by atoms with Gasteiger partial charge in [0.05, 0.1) is 0 Å². The number of hydrogen-bond donors (Lipinski definition) is 1. The molecule has 0 amide bonds. The maximum absolute atomic E-state index is 12.5. The van der Waals surface area contributed by atoms with Crippen LogP contribution in [-0.4, -0.2) is 19.5 Å². The lowest BCUT2D eigenvalue weighted by molar-refractivity contribution is 0.776. The van der Waals surface area contributed by atoms with Crippen LogP contribution in [0.15, 0.2) is 54.1 Å². The van der Waals surface area contributed by atoms with Crippen LogP contribution in [0.2, 0.25) is 5.02 Å². The highest BCUT2D eigenvalue weighted by atomic mass is 35.5. The Bertz CT molecular complexity index is 889. The van der Waals surface area contributed by atoms with E-state index in [1.165, 1.54) is 17.0 Å². The normalized spacial score (nSPS) is 10.6. The zero-order valence-electron chi connectivity index (χ0n) is 11.5. The van der Waals surface area contributed by atoms with Gasteiger partial charge in [0.1, 0.15) is 0 Å². The number of fused-ring (bicyclic) bond motifs is 1. The number of anilines is 2. The van der Waals surface area contributed by atoms with Crippen LogP contribution in [0.4, 0.5) is 11.6 Å². The van der Waals surface area contributed by atoms with Gasteiger partial charge in [-0.3, -0.25) is 9.36 Å². The molecule has 2 heterocycles. The summed E-state index contributed by atoms with van der Waals surface area (Å²) in [7, 11) is 0. The first-order valence-electron chi connectivity index (χ1n) is 6.54. The zero-order valence-corrected chi connectivity index (χ0v) is 12.3. The van der Waals surface area contributed by atoms with Crippen molar-refractivity contribution in [1.82, 2.24) is 19.5 Å². The van der Waals surface area contributed by atoms with Gasteiger partial charge >= 0.3 is 0 Å². The van der Waals surface area contributed by atoms with Gasteiger partial charge < -0.3 is 5.32 Å². The van der Waals surface area contributed by atoms with Gasteiger partial charge in [0.25, 0.3) is 5.56 Å². The van der Waals surface area contributed by atoms with Crippen molar-refractivity contribution in [3.8, 4) is 0 Å². The van der Waals surface area contributed by atoms with Crippen LogP contribution in [0.25, 0.3) is 11.2 Å². The molecule has 3 rings (SSSR count). The summed E-state index contributed by atoms with van der Waals surface area (Å²) in [4.78, 5) is 25.0. The molecule has 6 nitrogen and oxygen atoms in total. The van der Waals surface area contributed by atoms with E-state index in [4.69, 9.17) is 11.6 Å². The molecule has 0 atom stereocenters. The summed E-state index contributed by atoms with van der Waals surface area (Å²) in [6, 6.07) is 7.10.